The Kier molecular flexibility index (Phi) is 1.54. The molecule has 1 atom stereocenters. The van der Waals surface area contributed by atoms with E-state index in [1.807, 2.05) is 6.21 Å². The van der Waals surface area contributed by atoms with E-state index in [-0.39, 0.29) is 0 Å². The van der Waals surface area contributed by atoms with Crippen LogP contribution in [0, 0.1) is 0 Å². The van der Waals surface area contributed by atoms with Crippen LogP contribution in [0.4, 0.5) is 0 Å². The fraction of sp³-hybridized carbons (Fsp3) is 0.667. The smallest absolute Gasteiger partial charge is 0.0867 e. The molecule has 1 nitrogen and oxygen atoms in total. The molecule has 1 aliphatic heterocycles. The minimum Gasteiger partial charge on any atom is -0.228 e. The molecule has 0 amide bonds. The van der Waals surface area contributed by atoms with Crippen molar-refractivity contribution in [3.8, 4) is 0 Å². The van der Waals surface area contributed by atoms with Gasteiger partial charge in [0.2, 0.25) is 0 Å². The number of rotatable bonds is 0. The predicted molar refractivity (Wildman–Crippen MR) is 33.4 cm³/mol. The second-order valence-electron chi connectivity index (χ2n) is 1.04. The topological polar surface area (TPSA) is 12.4 Å². The zero-order valence-electron chi connectivity index (χ0n) is 3.10. The van der Waals surface area contributed by atoms with E-state index in [4.69, 9.17) is 0 Å². The van der Waals surface area contributed by atoms with Crippen molar-refractivity contribution in [1.82, 2.24) is 0 Å². The summed E-state index contributed by atoms with van der Waals surface area (Å²) in [4.78, 5) is 0. The van der Waals surface area contributed by atoms with Crippen LogP contribution in [0.15, 0.2) is 4.40 Å². The summed E-state index contributed by atoms with van der Waals surface area (Å²) in [6, 6.07) is 0. The molecular formula is C3H4BrNS. The largest absolute Gasteiger partial charge is 0.228 e. The molecule has 6 heavy (non-hydrogen) atoms. The van der Waals surface area contributed by atoms with E-state index in [1.165, 1.54) is 0 Å². The fourth-order valence-corrected chi connectivity index (χ4v) is 1.21. The lowest BCUT2D eigenvalue weighted by Gasteiger charge is -1.86. The average Bonchev–Trinajstić information content (AvgIpc) is 1.86. The van der Waals surface area contributed by atoms with E-state index < -0.39 is 0 Å². The Bertz CT molecular complexity index is 65.2. The van der Waals surface area contributed by atoms with Crippen LogP contribution in [0.25, 0.3) is 0 Å². The average molecular weight is 166 g/mol. The van der Waals surface area contributed by atoms with Crippen molar-refractivity contribution in [2.24, 2.45) is 4.40 Å². The number of nitrogens with zero attached hydrogens (tertiary/aromatic N) is 1. The predicted octanol–water partition coefficient (Wildman–Crippen LogP) is 1.83. The van der Waals surface area contributed by atoms with Crippen LogP contribution >= 0.6 is 27.9 Å². The second kappa shape index (κ2) is 1.98. The lowest BCUT2D eigenvalue weighted by atomic mass is 10.5. The SMILES string of the molecule is BrC1CC=NS1. The standard InChI is InChI=1S/C3H4BrNS/c4-3-1-2-5-6-3/h2-3H,1H2. The van der Waals surface area contributed by atoms with Gasteiger partial charge in [-0.1, -0.05) is 15.9 Å². The minimum atomic E-state index is 0.553. The quantitative estimate of drug-likeness (QED) is 0.395. The molecule has 1 aliphatic rings. The minimum absolute atomic E-state index is 0.553. The zero-order valence-corrected chi connectivity index (χ0v) is 5.50. The number of hydrogen-bond acceptors (Lipinski definition) is 2. The first-order valence-corrected chi connectivity index (χ1v) is 3.46. The summed E-state index contributed by atoms with van der Waals surface area (Å²) in [5, 5.41) is 0. The van der Waals surface area contributed by atoms with Gasteiger partial charge in [-0.3, -0.25) is 0 Å². The molecular weight excluding hydrogens is 162 g/mol. The van der Waals surface area contributed by atoms with Gasteiger partial charge in [0.05, 0.1) is 4.16 Å². The van der Waals surface area contributed by atoms with E-state index in [0.717, 1.165) is 6.42 Å². The van der Waals surface area contributed by atoms with Crippen molar-refractivity contribution in [2.45, 2.75) is 10.6 Å². The highest BCUT2D eigenvalue weighted by molar-refractivity contribution is 9.11. The monoisotopic (exact) mass is 165 g/mol. The Balaban J connectivity index is 2.32. The molecule has 0 saturated carbocycles. The molecule has 0 aromatic rings. The number of hydrogen-bond donors (Lipinski definition) is 0. The lowest BCUT2D eigenvalue weighted by molar-refractivity contribution is 1.33. The van der Waals surface area contributed by atoms with Gasteiger partial charge in [-0.25, -0.2) is 4.40 Å². The summed E-state index contributed by atoms with van der Waals surface area (Å²) >= 11 is 4.96. The Morgan fingerprint density at radius 2 is 2.83 bits per heavy atom. The molecule has 3 heteroatoms. The highest BCUT2D eigenvalue weighted by Gasteiger charge is 2.05. The maximum Gasteiger partial charge on any atom is 0.0867 e. The maximum absolute atomic E-state index is 3.91. The summed E-state index contributed by atoms with van der Waals surface area (Å²) in [7, 11) is 0. The summed E-state index contributed by atoms with van der Waals surface area (Å²) in [6.45, 7) is 0. The third-order valence-electron chi connectivity index (χ3n) is 0.540. The number of alkyl halides is 1. The van der Waals surface area contributed by atoms with Gasteiger partial charge in [-0.05, 0) is 11.9 Å². The Morgan fingerprint density at radius 3 is 3.00 bits per heavy atom. The van der Waals surface area contributed by atoms with Gasteiger partial charge in [0.25, 0.3) is 0 Å². The highest BCUT2D eigenvalue weighted by atomic mass is 79.9. The zero-order chi connectivity index (χ0) is 4.41. The van der Waals surface area contributed by atoms with Gasteiger partial charge in [0, 0.05) is 12.6 Å². The molecule has 1 heterocycles. The van der Waals surface area contributed by atoms with E-state index >= 15 is 0 Å². The molecule has 0 N–H and O–H groups in total. The number of halogens is 1. The molecule has 0 saturated heterocycles. The van der Waals surface area contributed by atoms with Crippen molar-refractivity contribution < 1.29 is 0 Å². The molecule has 1 unspecified atom stereocenters. The Morgan fingerprint density at radius 1 is 2.00 bits per heavy atom. The van der Waals surface area contributed by atoms with Crippen LogP contribution in [-0.2, 0) is 0 Å². The maximum atomic E-state index is 3.91. The lowest BCUT2D eigenvalue weighted by Crippen LogP contribution is -1.79. The van der Waals surface area contributed by atoms with Crippen molar-refractivity contribution in [1.29, 1.82) is 0 Å². The van der Waals surface area contributed by atoms with E-state index in [1.54, 1.807) is 11.9 Å². The summed E-state index contributed by atoms with van der Waals surface area (Å²) in [6.07, 6.45) is 2.99. The molecule has 0 fully saturated rings. The van der Waals surface area contributed by atoms with E-state index in [2.05, 4.69) is 20.3 Å². The molecule has 1 rings (SSSR count). The Labute approximate surface area is 49.5 Å². The first-order valence-electron chi connectivity index (χ1n) is 1.71. The van der Waals surface area contributed by atoms with Crippen LogP contribution in [0.2, 0.25) is 0 Å². The fourth-order valence-electron chi connectivity index (χ4n) is 0.278. The van der Waals surface area contributed by atoms with E-state index in [9.17, 15) is 0 Å². The van der Waals surface area contributed by atoms with Crippen molar-refractivity contribution in [2.75, 3.05) is 0 Å². The van der Waals surface area contributed by atoms with Crippen LogP contribution in [0.5, 0.6) is 0 Å². The molecule has 0 spiro atoms. The molecule has 0 bridgehead atoms. The van der Waals surface area contributed by atoms with Gasteiger partial charge in [-0.2, -0.15) is 0 Å². The summed E-state index contributed by atoms with van der Waals surface area (Å²) < 4.78 is 4.46. The van der Waals surface area contributed by atoms with Crippen LogP contribution in [0.3, 0.4) is 0 Å². The van der Waals surface area contributed by atoms with Crippen molar-refractivity contribution >= 4 is 34.1 Å². The first kappa shape index (κ1) is 4.65. The van der Waals surface area contributed by atoms with Gasteiger partial charge < -0.3 is 0 Å². The van der Waals surface area contributed by atoms with Gasteiger partial charge in [0.1, 0.15) is 0 Å². The Hall–Kier alpha value is 0.500. The van der Waals surface area contributed by atoms with Gasteiger partial charge in [0.15, 0.2) is 0 Å². The second-order valence-corrected chi connectivity index (χ2v) is 3.74. The van der Waals surface area contributed by atoms with E-state index in [0.29, 0.717) is 4.16 Å². The van der Waals surface area contributed by atoms with Gasteiger partial charge >= 0.3 is 0 Å². The third kappa shape index (κ3) is 0.980. The summed E-state index contributed by atoms with van der Waals surface area (Å²) in [5.74, 6) is 0. The molecule has 0 radical (unpaired) electrons. The summed E-state index contributed by atoms with van der Waals surface area (Å²) in [5.41, 5.74) is 0. The molecule has 0 aromatic heterocycles. The molecule has 0 aliphatic carbocycles. The normalized spacial score (nSPS) is 31.8. The van der Waals surface area contributed by atoms with Crippen molar-refractivity contribution in [3.05, 3.63) is 0 Å². The third-order valence-corrected chi connectivity index (χ3v) is 2.11. The first-order chi connectivity index (χ1) is 2.89. The molecule has 34 valence electrons. The van der Waals surface area contributed by atoms with Crippen LogP contribution in [-0.4, -0.2) is 10.4 Å². The van der Waals surface area contributed by atoms with Crippen LogP contribution < -0.4 is 0 Å². The molecule has 0 aromatic carbocycles. The van der Waals surface area contributed by atoms with Crippen LogP contribution in [0.1, 0.15) is 6.42 Å². The highest BCUT2D eigenvalue weighted by Crippen LogP contribution is 2.25. The van der Waals surface area contributed by atoms with Crippen molar-refractivity contribution in [3.63, 3.8) is 0 Å². The van der Waals surface area contributed by atoms with Gasteiger partial charge in [-0.15, -0.1) is 0 Å².